The van der Waals surface area contributed by atoms with Crippen LogP contribution in [0.3, 0.4) is 0 Å². The molecule has 8 heteroatoms. The molecule has 5 rings (SSSR count). The van der Waals surface area contributed by atoms with E-state index in [2.05, 4.69) is 37.8 Å². The average Bonchev–Trinajstić information content (AvgIpc) is 3.35. The third-order valence-corrected chi connectivity index (χ3v) is 5.40. The second-order valence-corrected chi connectivity index (χ2v) is 7.28. The highest BCUT2D eigenvalue weighted by atomic mass is 16.5. The van der Waals surface area contributed by atoms with Crippen molar-refractivity contribution in [2.45, 2.75) is 13.5 Å². The van der Waals surface area contributed by atoms with E-state index in [1.807, 2.05) is 50.1 Å². The van der Waals surface area contributed by atoms with Crippen LogP contribution < -0.4 is 10.1 Å². The first kappa shape index (κ1) is 17.7. The lowest BCUT2D eigenvalue weighted by Crippen LogP contribution is -2.23. The van der Waals surface area contributed by atoms with Crippen LogP contribution in [0.2, 0.25) is 0 Å². The molecule has 0 radical (unpaired) electrons. The molecular weight excluding hydrogens is 366 g/mol. The van der Waals surface area contributed by atoms with E-state index in [4.69, 9.17) is 4.74 Å². The van der Waals surface area contributed by atoms with Crippen molar-refractivity contribution >= 4 is 23.1 Å². The maximum atomic E-state index is 6.05. The smallest absolute Gasteiger partial charge is 0.219 e. The molecule has 2 bridgehead atoms. The van der Waals surface area contributed by atoms with Crippen LogP contribution in [0.25, 0.3) is 34.2 Å². The fourth-order valence-corrected chi connectivity index (χ4v) is 3.85. The van der Waals surface area contributed by atoms with Crippen molar-refractivity contribution in [3.63, 3.8) is 0 Å². The zero-order chi connectivity index (χ0) is 20.0. The van der Waals surface area contributed by atoms with Crippen LogP contribution in [0, 0.1) is 6.92 Å². The van der Waals surface area contributed by atoms with Crippen LogP contribution in [0.15, 0.2) is 24.4 Å². The first-order chi connectivity index (χ1) is 14.1. The summed E-state index contributed by atoms with van der Waals surface area (Å²) in [6.07, 6.45) is 6.01. The fraction of sp³-hybridized carbons (Fsp3) is 0.286. The molecule has 3 aromatic heterocycles. The number of hydrogen-bond acceptors (Lipinski definition) is 5. The third-order valence-electron chi connectivity index (χ3n) is 5.40. The number of ether oxygens (including phenoxy) is 1. The zero-order valence-corrected chi connectivity index (χ0v) is 16.7. The molecule has 148 valence electrons. The van der Waals surface area contributed by atoms with Gasteiger partial charge in [-0.3, -0.25) is 9.78 Å². The van der Waals surface area contributed by atoms with Crippen LogP contribution in [-0.4, -0.2) is 42.9 Å². The number of benzene rings is 1. The van der Waals surface area contributed by atoms with Gasteiger partial charge in [0.1, 0.15) is 6.61 Å². The van der Waals surface area contributed by atoms with E-state index in [9.17, 15) is 0 Å². The summed E-state index contributed by atoms with van der Waals surface area (Å²) in [5.74, 6) is 0.765. The number of nitrogens with one attached hydrogen (secondary N) is 2. The summed E-state index contributed by atoms with van der Waals surface area (Å²) >= 11 is 0. The molecule has 0 saturated carbocycles. The van der Waals surface area contributed by atoms with E-state index in [0.717, 1.165) is 57.1 Å². The van der Waals surface area contributed by atoms with Crippen molar-refractivity contribution in [1.29, 1.82) is 0 Å². The van der Waals surface area contributed by atoms with Crippen LogP contribution in [0.5, 0.6) is 5.88 Å². The molecule has 0 unspecified atom stereocenters. The molecule has 1 aliphatic rings. The maximum Gasteiger partial charge on any atom is 0.219 e. The van der Waals surface area contributed by atoms with Gasteiger partial charge < -0.3 is 10.1 Å². The second kappa shape index (κ2) is 6.89. The molecule has 0 saturated heterocycles. The minimum atomic E-state index is 0.551. The molecule has 0 spiro atoms. The molecule has 1 aliphatic heterocycles. The van der Waals surface area contributed by atoms with Crippen molar-refractivity contribution in [3.8, 4) is 17.0 Å². The van der Waals surface area contributed by atoms with Gasteiger partial charge in [-0.2, -0.15) is 15.3 Å². The van der Waals surface area contributed by atoms with Crippen molar-refractivity contribution in [2.75, 3.05) is 13.2 Å². The third kappa shape index (κ3) is 3.01. The number of fused-ring (bicyclic) bond motifs is 4. The van der Waals surface area contributed by atoms with Gasteiger partial charge in [-0.05, 0) is 36.8 Å². The fourth-order valence-electron chi connectivity index (χ4n) is 3.85. The predicted octanol–water partition coefficient (Wildman–Crippen LogP) is 2.66. The van der Waals surface area contributed by atoms with Crippen molar-refractivity contribution in [1.82, 2.24) is 35.1 Å². The minimum absolute atomic E-state index is 0.551. The SMILES string of the molecule is Cc1nn(C)c2c1/C=C/c1[nH]nc3ccc(cc13)-c1cnn(C)c1CNCCO2. The Morgan fingerprint density at radius 2 is 2.03 bits per heavy atom. The van der Waals surface area contributed by atoms with E-state index < -0.39 is 0 Å². The lowest BCUT2D eigenvalue weighted by Gasteiger charge is -2.10. The number of aryl methyl sites for hydroxylation is 3. The Kier molecular flexibility index (Phi) is 4.21. The summed E-state index contributed by atoms with van der Waals surface area (Å²) < 4.78 is 9.76. The molecule has 2 N–H and O–H groups in total. The molecule has 4 heterocycles. The number of aromatic nitrogens is 6. The van der Waals surface area contributed by atoms with Gasteiger partial charge in [-0.1, -0.05) is 6.07 Å². The first-order valence-corrected chi connectivity index (χ1v) is 9.66. The molecule has 4 aromatic rings. The van der Waals surface area contributed by atoms with Crippen LogP contribution >= 0.6 is 0 Å². The van der Waals surface area contributed by atoms with E-state index in [-0.39, 0.29) is 0 Å². The van der Waals surface area contributed by atoms with Gasteiger partial charge in [0.25, 0.3) is 0 Å². The molecule has 1 aromatic carbocycles. The summed E-state index contributed by atoms with van der Waals surface area (Å²) in [5, 5.41) is 21.1. The Morgan fingerprint density at radius 3 is 2.93 bits per heavy atom. The van der Waals surface area contributed by atoms with Gasteiger partial charge in [-0.15, -0.1) is 0 Å². The zero-order valence-electron chi connectivity index (χ0n) is 16.7. The van der Waals surface area contributed by atoms with Gasteiger partial charge in [-0.25, -0.2) is 4.68 Å². The molecule has 8 nitrogen and oxygen atoms in total. The number of H-pyrrole nitrogens is 1. The van der Waals surface area contributed by atoms with Gasteiger partial charge in [0.15, 0.2) is 0 Å². The largest absolute Gasteiger partial charge is 0.476 e. The maximum absolute atomic E-state index is 6.05. The van der Waals surface area contributed by atoms with Gasteiger partial charge in [0.2, 0.25) is 5.88 Å². The topological polar surface area (TPSA) is 85.6 Å². The van der Waals surface area contributed by atoms with Crippen molar-refractivity contribution in [2.24, 2.45) is 14.1 Å². The monoisotopic (exact) mass is 389 g/mol. The lowest BCUT2D eigenvalue weighted by atomic mass is 10.0. The number of nitrogens with zero attached hydrogens (tertiary/aromatic N) is 5. The Morgan fingerprint density at radius 1 is 1.14 bits per heavy atom. The highest BCUT2D eigenvalue weighted by Gasteiger charge is 2.15. The molecule has 0 fully saturated rings. The average molecular weight is 389 g/mol. The molecule has 0 amide bonds. The quantitative estimate of drug-likeness (QED) is 0.483. The minimum Gasteiger partial charge on any atom is -0.476 e. The lowest BCUT2D eigenvalue weighted by molar-refractivity contribution is 0.286. The molecule has 29 heavy (non-hydrogen) atoms. The summed E-state index contributed by atoms with van der Waals surface area (Å²) in [5.41, 5.74) is 7.18. The van der Waals surface area contributed by atoms with Gasteiger partial charge >= 0.3 is 0 Å². The Labute approximate surface area is 168 Å². The van der Waals surface area contributed by atoms with Crippen molar-refractivity contribution < 1.29 is 4.74 Å². The predicted molar refractivity (Wildman–Crippen MR) is 112 cm³/mol. The Hall–Kier alpha value is -3.39. The summed E-state index contributed by atoms with van der Waals surface area (Å²) in [7, 11) is 3.88. The summed E-state index contributed by atoms with van der Waals surface area (Å²) in [6.45, 7) is 3.97. The van der Waals surface area contributed by atoms with Gasteiger partial charge in [0.05, 0.1) is 34.4 Å². The van der Waals surface area contributed by atoms with E-state index >= 15 is 0 Å². The number of rotatable bonds is 0. The standard InChI is InChI=1S/C21H23N7O/c1-13-15-5-7-19-16-10-14(4-6-18(16)24-25-19)17-11-23-27(2)20(17)12-22-8-9-29-21(15)28(3)26-13/h4-7,10-11,22H,8-9,12H2,1-3H3,(H,24,25)/b7-5+. The molecular formula is C21H23N7O. The Balaban J connectivity index is 1.67. The van der Waals surface area contributed by atoms with E-state index in [1.165, 1.54) is 0 Å². The highest BCUT2D eigenvalue weighted by molar-refractivity contribution is 5.93. The van der Waals surface area contributed by atoms with Gasteiger partial charge in [0, 0.05) is 38.1 Å². The molecule has 0 aliphatic carbocycles. The van der Waals surface area contributed by atoms with Crippen LogP contribution in [0.1, 0.15) is 22.6 Å². The number of aromatic amines is 1. The number of hydrogen-bond donors (Lipinski definition) is 2. The van der Waals surface area contributed by atoms with Crippen molar-refractivity contribution in [3.05, 3.63) is 47.0 Å². The summed E-state index contributed by atoms with van der Waals surface area (Å²) in [6, 6.07) is 6.32. The van der Waals surface area contributed by atoms with Crippen LogP contribution in [0.4, 0.5) is 0 Å². The van der Waals surface area contributed by atoms with E-state index in [0.29, 0.717) is 13.2 Å². The Bertz CT molecular complexity index is 1230. The second-order valence-electron chi connectivity index (χ2n) is 7.28. The van der Waals surface area contributed by atoms with Crippen LogP contribution in [-0.2, 0) is 20.6 Å². The normalized spacial score (nSPS) is 15.4. The summed E-state index contributed by atoms with van der Waals surface area (Å²) in [4.78, 5) is 0. The highest BCUT2D eigenvalue weighted by Crippen LogP contribution is 2.30. The molecule has 0 atom stereocenters. The van der Waals surface area contributed by atoms with E-state index in [1.54, 1.807) is 4.68 Å². The first-order valence-electron chi connectivity index (χ1n) is 9.66.